The highest BCUT2D eigenvalue weighted by Crippen LogP contribution is 2.42. The zero-order chi connectivity index (χ0) is 23.7. The van der Waals surface area contributed by atoms with Crippen LogP contribution in [0, 0.1) is 13.8 Å². The molecule has 1 aliphatic heterocycles. The van der Waals surface area contributed by atoms with Gasteiger partial charge < -0.3 is 19.8 Å². The lowest BCUT2D eigenvalue weighted by Gasteiger charge is -2.26. The van der Waals surface area contributed by atoms with Crippen LogP contribution in [-0.2, 0) is 16.1 Å². The largest absolute Gasteiger partial charge is 0.507 e. The number of amides is 1. The van der Waals surface area contributed by atoms with Gasteiger partial charge in [0.15, 0.2) is 11.5 Å². The number of nitrogens with zero attached hydrogens (tertiary/aromatic N) is 2. The SMILES string of the molecule is COc1cc([C@@H]2C(=C(O)c3cc(C)ccc3C)C(=O)C(=O)N2Cc2cccnc2)ccc1O. The van der Waals surface area contributed by atoms with E-state index in [1.807, 2.05) is 32.0 Å². The maximum Gasteiger partial charge on any atom is 0.295 e. The van der Waals surface area contributed by atoms with E-state index in [9.17, 15) is 19.8 Å². The second-order valence-corrected chi connectivity index (χ2v) is 8.04. The molecule has 2 N–H and O–H groups in total. The quantitative estimate of drug-likeness (QED) is 0.350. The molecule has 4 rings (SSSR count). The van der Waals surface area contributed by atoms with E-state index < -0.39 is 17.7 Å². The Bertz CT molecular complexity index is 1270. The van der Waals surface area contributed by atoms with Crippen LogP contribution in [0.1, 0.15) is 33.9 Å². The third kappa shape index (κ3) is 4.05. The zero-order valence-corrected chi connectivity index (χ0v) is 18.6. The summed E-state index contributed by atoms with van der Waals surface area (Å²) in [5.41, 5.74) is 3.44. The van der Waals surface area contributed by atoms with E-state index in [1.54, 1.807) is 36.7 Å². The number of ether oxygens (including phenoxy) is 1. The second kappa shape index (κ2) is 8.78. The fraction of sp³-hybridized carbons (Fsp3) is 0.192. The summed E-state index contributed by atoms with van der Waals surface area (Å²) >= 11 is 0. The molecule has 1 atom stereocenters. The number of carbonyl (C=O) groups excluding carboxylic acids is 2. The number of phenolic OH excluding ortho intramolecular Hbond substituents is 1. The van der Waals surface area contributed by atoms with Crippen molar-refractivity contribution in [2.45, 2.75) is 26.4 Å². The van der Waals surface area contributed by atoms with Crippen molar-refractivity contribution in [1.29, 1.82) is 0 Å². The molecule has 0 aliphatic carbocycles. The molecule has 0 spiro atoms. The molecule has 33 heavy (non-hydrogen) atoms. The van der Waals surface area contributed by atoms with Crippen molar-refractivity contribution in [1.82, 2.24) is 9.88 Å². The number of phenols is 1. The van der Waals surface area contributed by atoms with Gasteiger partial charge in [-0.05, 0) is 54.8 Å². The number of aryl methyl sites for hydroxylation is 2. The number of aromatic nitrogens is 1. The Morgan fingerprint density at radius 2 is 1.91 bits per heavy atom. The van der Waals surface area contributed by atoms with Gasteiger partial charge >= 0.3 is 0 Å². The number of ketones is 1. The van der Waals surface area contributed by atoms with Crippen molar-refractivity contribution in [2.75, 3.05) is 7.11 Å². The standard InChI is InChI=1S/C26H24N2O5/c1-15-6-7-16(2)19(11-15)24(30)22-23(18-8-9-20(29)21(12-18)33-3)28(26(32)25(22)31)14-17-5-4-10-27-13-17/h4-13,23,29-30H,14H2,1-3H3/t23-/m1/s1. The average Bonchev–Trinajstić information content (AvgIpc) is 3.06. The molecule has 7 heteroatoms. The van der Waals surface area contributed by atoms with Gasteiger partial charge in [-0.15, -0.1) is 0 Å². The number of hydrogen-bond acceptors (Lipinski definition) is 6. The van der Waals surface area contributed by atoms with Gasteiger partial charge in [0.25, 0.3) is 11.7 Å². The molecule has 3 aromatic rings. The first-order chi connectivity index (χ1) is 15.8. The minimum atomic E-state index is -0.875. The van der Waals surface area contributed by atoms with E-state index in [-0.39, 0.29) is 29.4 Å². The molecule has 1 saturated heterocycles. The fourth-order valence-corrected chi connectivity index (χ4v) is 4.08. The third-order valence-corrected chi connectivity index (χ3v) is 5.78. The molecule has 0 unspecified atom stereocenters. The molecule has 1 fully saturated rings. The minimum absolute atomic E-state index is 0.00895. The van der Waals surface area contributed by atoms with Crippen molar-refractivity contribution < 1.29 is 24.5 Å². The van der Waals surface area contributed by atoms with Gasteiger partial charge in [0, 0.05) is 24.5 Å². The van der Waals surface area contributed by atoms with Gasteiger partial charge in [0.05, 0.1) is 18.7 Å². The van der Waals surface area contributed by atoms with Crippen LogP contribution in [0.5, 0.6) is 11.5 Å². The van der Waals surface area contributed by atoms with Crippen LogP contribution in [0.4, 0.5) is 0 Å². The molecular weight excluding hydrogens is 420 g/mol. The Hall–Kier alpha value is -4.13. The van der Waals surface area contributed by atoms with Crippen molar-refractivity contribution in [3.8, 4) is 11.5 Å². The number of aliphatic hydroxyl groups excluding tert-OH is 1. The molecule has 168 valence electrons. The summed E-state index contributed by atoms with van der Waals surface area (Å²) in [7, 11) is 1.42. The zero-order valence-electron chi connectivity index (χ0n) is 18.6. The first kappa shape index (κ1) is 22.1. The number of hydrogen-bond donors (Lipinski definition) is 2. The number of methoxy groups -OCH3 is 1. The van der Waals surface area contributed by atoms with Crippen LogP contribution in [0.2, 0.25) is 0 Å². The smallest absolute Gasteiger partial charge is 0.295 e. The molecule has 1 amide bonds. The van der Waals surface area contributed by atoms with Crippen LogP contribution in [0.25, 0.3) is 5.76 Å². The van der Waals surface area contributed by atoms with Crippen molar-refractivity contribution in [3.63, 3.8) is 0 Å². The van der Waals surface area contributed by atoms with E-state index in [1.165, 1.54) is 18.1 Å². The van der Waals surface area contributed by atoms with Crippen LogP contribution in [-0.4, -0.2) is 38.9 Å². The number of Topliss-reactive ketones (excluding diaryl/α,β-unsaturated/α-hetero) is 1. The number of aliphatic hydroxyl groups is 1. The van der Waals surface area contributed by atoms with Gasteiger partial charge in [-0.1, -0.05) is 29.8 Å². The highest BCUT2D eigenvalue weighted by Gasteiger charge is 2.46. The summed E-state index contributed by atoms with van der Waals surface area (Å²) in [6, 6.07) is 12.9. The summed E-state index contributed by atoms with van der Waals surface area (Å²) in [4.78, 5) is 31.9. The van der Waals surface area contributed by atoms with E-state index in [4.69, 9.17) is 4.74 Å². The maximum absolute atomic E-state index is 13.2. The first-order valence-electron chi connectivity index (χ1n) is 10.4. The molecule has 7 nitrogen and oxygen atoms in total. The molecule has 0 bridgehead atoms. The lowest BCUT2D eigenvalue weighted by molar-refractivity contribution is -0.140. The van der Waals surface area contributed by atoms with E-state index in [0.29, 0.717) is 11.1 Å². The van der Waals surface area contributed by atoms with Crippen LogP contribution >= 0.6 is 0 Å². The molecule has 0 saturated carbocycles. The Labute approximate surface area is 191 Å². The summed E-state index contributed by atoms with van der Waals surface area (Å²) in [5, 5.41) is 21.4. The summed E-state index contributed by atoms with van der Waals surface area (Å²) in [5.74, 6) is -1.59. The van der Waals surface area contributed by atoms with Crippen LogP contribution in [0.15, 0.2) is 66.5 Å². The molecule has 2 aromatic carbocycles. The predicted molar refractivity (Wildman–Crippen MR) is 123 cm³/mol. The molecule has 2 heterocycles. The van der Waals surface area contributed by atoms with Crippen molar-refractivity contribution >= 4 is 17.4 Å². The number of aromatic hydroxyl groups is 1. The summed E-state index contributed by atoms with van der Waals surface area (Å²) in [6.45, 7) is 3.84. The lowest BCUT2D eigenvalue weighted by atomic mass is 9.93. The highest BCUT2D eigenvalue weighted by molar-refractivity contribution is 6.46. The number of benzene rings is 2. The summed E-state index contributed by atoms with van der Waals surface area (Å²) in [6.07, 6.45) is 3.25. The van der Waals surface area contributed by atoms with Crippen molar-refractivity contribution in [2.24, 2.45) is 0 Å². The topological polar surface area (TPSA) is 100.0 Å². The Morgan fingerprint density at radius 3 is 2.61 bits per heavy atom. The van der Waals surface area contributed by atoms with Crippen LogP contribution in [0.3, 0.4) is 0 Å². The van der Waals surface area contributed by atoms with E-state index >= 15 is 0 Å². The van der Waals surface area contributed by atoms with E-state index in [2.05, 4.69) is 4.98 Å². The minimum Gasteiger partial charge on any atom is -0.507 e. The second-order valence-electron chi connectivity index (χ2n) is 8.04. The van der Waals surface area contributed by atoms with Gasteiger partial charge in [-0.2, -0.15) is 0 Å². The first-order valence-corrected chi connectivity index (χ1v) is 10.4. The van der Waals surface area contributed by atoms with Gasteiger partial charge in [-0.3, -0.25) is 14.6 Å². The average molecular weight is 444 g/mol. The Kier molecular flexibility index (Phi) is 5.87. The third-order valence-electron chi connectivity index (χ3n) is 5.78. The monoisotopic (exact) mass is 444 g/mol. The number of likely N-dealkylation sites (tertiary alicyclic amines) is 1. The van der Waals surface area contributed by atoms with Crippen molar-refractivity contribution in [3.05, 3.63) is 94.3 Å². The van der Waals surface area contributed by atoms with E-state index in [0.717, 1.165) is 16.7 Å². The van der Waals surface area contributed by atoms with Gasteiger partial charge in [-0.25, -0.2) is 0 Å². The predicted octanol–water partition coefficient (Wildman–Crippen LogP) is 4.03. The number of rotatable bonds is 5. The molecule has 0 radical (unpaired) electrons. The molecular formula is C26H24N2O5. The Balaban J connectivity index is 1.93. The Morgan fingerprint density at radius 1 is 1.12 bits per heavy atom. The lowest BCUT2D eigenvalue weighted by Crippen LogP contribution is -2.29. The molecule has 1 aliphatic rings. The normalized spacial score (nSPS) is 17.4. The van der Waals surface area contributed by atoms with Gasteiger partial charge in [0.1, 0.15) is 5.76 Å². The van der Waals surface area contributed by atoms with Gasteiger partial charge in [0.2, 0.25) is 0 Å². The molecule has 1 aromatic heterocycles. The fourth-order valence-electron chi connectivity index (χ4n) is 4.08. The number of carbonyl (C=O) groups is 2. The number of pyridine rings is 1. The summed E-state index contributed by atoms with van der Waals surface area (Å²) < 4.78 is 5.24. The highest BCUT2D eigenvalue weighted by atomic mass is 16.5. The van der Waals surface area contributed by atoms with Crippen LogP contribution < -0.4 is 4.74 Å². The maximum atomic E-state index is 13.2.